The first-order valence-corrected chi connectivity index (χ1v) is 7.25. The Hall–Kier alpha value is -1.81. The zero-order valence-electron chi connectivity index (χ0n) is 11.3. The molecule has 1 saturated heterocycles. The number of hydrogen-bond acceptors (Lipinski definition) is 2. The maximum absolute atomic E-state index is 11.8. The second-order valence-electron chi connectivity index (χ2n) is 5.44. The standard InChI is InChI=1S/C16H15BrN2O/c1-16(2)14(18-19-15(16)20)9-10-7-8-13(17)12-6-4-3-5-11(10)12/h3-9,18H,1-2H3,(H,19,20)/b14-9-. The topological polar surface area (TPSA) is 41.1 Å². The fourth-order valence-corrected chi connectivity index (χ4v) is 2.82. The van der Waals surface area contributed by atoms with Crippen LogP contribution in [-0.2, 0) is 4.79 Å². The molecule has 1 fully saturated rings. The van der Waals surface area contributed by atoms with Gasteiger partial charge in [-0.1, -0.05) is 46.3 Å². The van der Waals surface area contributed by atoms with E-state index in [-0.39, 0.29) is 5.91 Å². The Kier molecular flexibility index (Phi) is 3.05. The van der Waals surface area contributed by atoms with Gasteiger partial charge in [-0.25, -0.2) is 0 Å². The number of carbonyl (C=O) groups excluding carboxylic acids is 1. The van der Waals surface area contributed by atoms with Crippen molar-refractivity contribution >= 4 is 38.7 Å². The van der Waals surface area contributed by atoms with Crippen LogP contribution in [0, 0.1) is 5.41 Å². The van der Waals surface area contributed by atoms with Gasteiger partial charge in [-0.2, -0.15) is 0 Å². The minimum atomic E-state index is -0.534. The van der Waals surface area contributed by atoms with E-state index in [2.05, 4.69) is 45.0 Å². The summed E-state index contributed by atoms with van der Waals surface area (Å²) in [6, 6.07) is 12.3. The molecule has 2 aromatic rings. The number of hydrazine groups is 1. The van der Waals surface area contributed by atoms with Gasteiger partial charge in [-0.15, -0.1) is 0 Å². The largest absolute Gasteiger partial charge is 0.302 e. The highest BCUT2D eigenvalue weighted by atomic mass is 79.9. The number of halogens is 1. The fourth-order valence-electron chi connectivity index (χ4n) is 2.34. The van der Waals surface area contributed by atoms with Crippen LogP contribution < -0.4 is 10.9 Å². The van der Waals surface area contributed by atoms with E-state index in [9.17, 15) is 4.79 Å². The summed E-state index contributed by atoms with van der Waals surface area (Å²) in [7, 11) is 0. The number of hydrogen-bond donors (Lipinski definition) is 2. The molecule has 4 heteroatoms. The Morgan fingerprint density at radius 1 is 1.05 bits per heavy atom. The molecule has 3 nitrogen and oxygen atoms in total. The van der Waals surface area contributed by atoms with E-state index in [1.165, 1.54) is 0 Å². The SMILES string of the molecule is CC1(C)C(=O)NN/C1=C\c1ccc(Br)c2ccccc12. The molecular formula is C16H15BrN2O. The number of fused-ring (bicyclic) bond motifs is 1. The molecule has 1 aliphatic rings. The van der Waals surface area contributed by atoms with E-state index in [1.54, 1.807) is 0 Å². The zero-order chi connectivity index (χ0) is 14.3. The van der Waals surface area contributed by atoms with Crippen LogP contribution in [-0.4, -0.2) is 5.91 Å². The predicted octanol–water partition coefficient (Wildman–Crippen LogP) is 3.60. The first kappa shape index (κ1) is 13.2. The van der Waals surface area contributed by atoms with Crippen molar-refractivity contribution in [3.63, 3.8) is 0 Å². The lowest BCUT2D eigenvalue weighted by Gasteiger charge is -2.15. The van der Waals surface area contributed by atoms with Crippen LogP contribution in [0.5, 0.6) is 0 Å². The highest BCUT2D eigenvalue weighted by Crippen LogP contribution is 2.33. The van der Waals surface area contributed by atoms with E-state index < -0.39 is 5.41 Å². The second kappa shape index (κ2) is 4.63. The Balaban J connectivity index is 2.17. The Morgan fingerprint density at radius 3 is 2.40 bits per heavy atom. The first-order chi connectivity index (χ1) is 9.50. The Morgan fingerprint density at radius 2 is 1.75 bits per heavy atom. The fraction of sp³-hybridized carbons (Fsp3) is 0.188. The summed E-state index contributed by atoms with van der Waals surface area (Å²) in [5, 5.41) is 2.32. The summed E-state index contributed by atoms with van der Waals surface area (Å²) in [6.07, 6.45) is 2.03. The van der Waals surface area contributed by atoms with E-state index in [4.69, 9.17) is 0 Å². The maximum Gasteiger partial charge on any atom is 0.249 e. The molecule has 1 amide bonds. The van der Waals surface area contributed by atoms with Gasteiger partial charge < -0.3 is 5.43 Å². The minimum absolute atomic E-state index is 0.00910. The van der Waals surface area contributed by atoms with Gasteiger partial charge in [-0.3, -0.25) is 10.2 Å². The molecule has 0 unspecified atom stereocenters. The van der Waals surface area contributed by atoms with Crippen molar-refractivity contribution in [3.8, 4) is 0 Å². The van der Waals surface area contributed by atoms with E-state index >= 15 is 0 Å². The summed E-state index contributed by atoms with van der Waals surface area (Å²) < 4.78 is 1.07. The van der Waals surface area contributed by atoms with Gasteiger partial charge in [0, 0.05) is 10.2 Å². The quantitative estimate of drug-likeness (QED) is 0.838. The predicted molar refractivity (Wildman–Crippen MR) is 84.7 cm³/mol. The lowest BCUT2D eigenvalue weighted by atomic mass is 9.88. The van der Waals surface area contributed by atoms with Crippen molar-refractivity contribution in [1.82, 2.24) is 10.9 Å². The summed E-state index contributed by atoms with van der Waals surface area (Å²) in [4.78, 5) is 11.8. The summed E-state index contributed by atoms with van der Waals surface area (Å²) in [5.41, 5.74) is 7.09. The van der Waals surface area contributed by atoms with Crippen LogP contribution >= 0.6 is 15.9 Å². The monoisotopic (exact) mass is 330 g/mol. The van der Waals surface area contributed by atoms with Crippen molar-refractivity contribution in [3.05, 3.63) is 52.1 Å². The average molecular weight is 331 g/mol. The molecule has 102 valence electrons. The summed E-state index contributed by atoms with van der Waals surface area (Å²) in [6.45, 7) is 3.82. The number of benzene rings is 2. The van der Waals surface area contributed by atoms with Gasteiger partial charge in [0.1, 0.15) is 0 Å². The molecule has 0 saturated carbocycles. The van der Waals surface area contributed by atoms with Crippen LogP contribution in [0.4, 0.5) is 0 Å². The van der Waals surface area contributed by atoms with Gasteiger partial charge in [0.2, 0.25) is 5.91 Å². The lowest BCUT2D eigenvalue weighted by molar-refractivity contribution is -0.125. The summed E-state index contributed by atoms with van der Waals surface area (Å²) >= 11 is 3.57. The van der Waals surface area contributed by atoms with E-state index in [0.717, 1.165) is 26.5 Å². The Bertz CT molecular complexity index is 734. The van der Waals surface area contributed by atoms with Crippen LogP contribution in [0.3, 0.4) is 0 Å². The van der Waals surface area contributed by atoms with Crippen molar-refractivity contribution in [2.75, 3.05) is 0 Å². The van der Waals surface area contributed by atoms with Gasteiger partial charge in [0.15, 0.2) is 0 Å². The second-order valence-corrected chi connectivity index (χ2v) is 6.30. The molecule has 0 aliphatic carbocycles. The number of amides is 1. The molecule has 0 aromatic heterocycles. The normalized spacial score (nSPS) is 19.1. The van der Waals surface area contributed by atoms with Gasteiger partial charge in [0.25, 0.3) is 0 Å². The molecular weight excluding hydrogens is 316 g/mol. The first-order valence-electron chi connectivity index (χ1n) is 6.46. The lowest BCUT2D eigenvalue weighted by Crippen LogP contribution is -2.28. The number of nitrogens with one attached hydrogen (secondary N) is 2. The highest BCUT2D eigenvalue weighted by Gasteiger charge is 2.37. The molecule has 3 rings (SSSR count). The van der Waals surface area contributed by atoms with Crippen molar-refractivity contribution in [1.29, 1.82) is 0 Å². The van der Waals surface area contributed by atoms with Crippen LogP contribution in [0.2, 0.25) is 0 Å². The van der Waals surface area contributed by atoms with Crippen LogP contribution in [0.25, 0.3) is 16.8 Å². The molecule has 0 radical (unpaired) electrons. The molecule has 0 spiro atoms. The molecule has 0 bridgehead atoms. The van der Waals surface area contributed by atoms with Crippen molar-refractivity contribution in [2.24, 2.45) is 5.41 Å². The smallest absolute Gasteiger partial charge is 0.249 e. The Labute approximate surface area is 126 Å². The third-order valence-corrected chi connectivity index (χ3v) is 4.45. The molecule has 2 N–H and O–H groups in total. The van der Waals surface area contributed by atoms with Crippen LogP contribution in [0.1, 0.15) is 19.4 Å². The van der Waals surface area contributed by atoms with Gasteiger partial charge >= 0.3 is 0 Å². The molecule has 0 atom stereocenters. The molecule has 2 aromatic carbocycles. The molecule has 20 heavy (non-hydrogen) atoms. The summed E-state index contributed by atoms with van der Waals surface area (Å²) in [5.74, 6) is -0.00910. The van der Waals surface area contributed by atoms with Crippen molar-refractivity contribution in [2.45, 2.75) is 13.8 Å². The average Bonchev–Trinajstić information content (AvgIpc) is 2.69. The van der Waals surface area contributed by atoms with Crippen molar-refractivity contribution < 1.29 is 4.79 Å². The van der Waals surface area contributed by atoms with E-state index in [0.29, 0.717) is 0 Å². The zero-order valence-corrected chi connectivity index (χ0v) is 12.9. The third-order valence-electron chi connectivity index (χ3n) is 3.76. The van der Waals surface area contributed by atoms with Gasteiger partial charge in [-0.05, 0) is 42.3 Å². The minimum Gasteiger partial charge on any atom is -0.302 e. The number of rotatable bonds is 1. The molecule has 1 heterocycles. The third kappa shape index (κ3) is 2.00. The molecule has 1 aliphatic heterocycles. The highest BCUT2D eigenvalue weighted by molar-refractivity contribution is 9.10. The number of carbonyl (C=O) groups is 1. The van der Waals surface area contributed by atoms with Crippen LogP contribution in [0.15, 0.2) is 46.6 Å². The maximum atomic E-state index is 11.8. The van der Waals surface area contributed by atoms with Gasteiger partial charge in [0.05, 0.1) is 5.41 Å². The van der Waals surface area contributed by atoms with E-state index in [1.807, 2.05) is 38.1 Å².